The molecule has 0 N–H and O–H groups in total. The van der Waals surface area contributed by atoms with Gasteiger partial charge in [0.2, 0.25) is 0 Å². The number of rotatable bonds is 0. The van der Waals surface area contributed by atoms with Crippen molar-refractivity contribution in [2.24, 2.45) is 0 Å². The average Bonchev–Trinajstić information content (AvgIpc) is 2.73. The molecule has 3 aliphatic rings. The largest absolute Gasteiger partial charge is 0.378 e. The van der Waals surface area contributed by atoms with Gasteiger partial charge in [0.1, 0.15) is 0 Å². The van der Waals surface area contributed by atoms with E-state index >= 15 is 0 Å². The molecule has 0 spiro atoms. The van der Waals surface area contributed by atoms with Crippen LogP contribution < -0.4 is 0 Å². The molecule has 0 amide bonds. The number of fused-ring (bicyclic) bond motifs is 21. The quantitative estimate of drug-likeness (QED) is 0.505. The predicted molar refractivity (Wildman–Crippen MR) is 125 cm³/mol. The topological polar surface area (TPSA) is 37.9 Å². The summed E-state index contributed by atoms with van der Waals surface area (Å²) in [5, 5.41) is 0. The van der Waals surface area contributed by atoms with Crippen LogP contribution in [0.4, 0.5) is 0 Å². The van der Waals surface area contributed by atoms with Crippen LogP contribution in [0.2, 0.25) is 0 Å². The maximum absolute atomic E-state index is 5.86. The van der Waals surface area contributed by atoms with E-state index in [0.29, 0.717) is 13.2 Å². The van der Waals surface area contributed by atoms with Crippen molar-refractivity contribution in [1.82, 2.24) is 29.4 Å². The fourth-order valence-electron chi connectivity index (χ4n) is 3.76. The van der Waals surface area contributed by atoms with E-state index in [0.717, 1.165) is 105 Å². The van der Waals surface area contributed by atoms with Gasteiger partial charge in [0, 0.05) is 91.6 Å². The summed E-state index contributed by atoms with van der Waals surface area (Å²) in [5.74, 6) is 0. The third-order valence-corrected chi connectivity index (χ3v) is 6.39. The third kappa shape index (κ3) is 11.9. The number of hydrogen-bond acceptors (Lipinski definition) is 8. The molecule has 3 rings (SSSR count). The highest BCUT2D eigenvalue weighted by Gasteiger charge is 2.13. The lowest BCUT2D eigenvalue weighted by molar-refractivity contribution is 0.0271. The molecule has 0 atom stereocenters. The maximum Gasteiger partial charge on any atom is 0.0701 e. The Morgan fingerprint density at radius 3 is 0.900 bits per heavy atom. The van der Waals surface area contributed by atoms with E-state index in [1.165, 1.54) is 0 Å². The Balaban J connectivity index is 2.05. The summed E-state index contributed by atoms with van der Waals surface area (Å²) in [6, 6.07) is 0. The Labute approximate surface area is 185 Å². The first-order chi connectivity index (χ1) is 14.5. The summed E-state index contributed by atoms with van der Waals surface area (Å²) in [5.41, 5.74) is 0. The molecule has 8 heteroatoms. The zero-order chi connectivity index (χ0) is 21.6. The van der Waals surface area contributed by atoms with Crippen molar-refractivity contribution in [3.8, 4) is 0 Å². The zero-order valence-corrected chi connectivity index (χ0v) is 20.2. The minimum Gasteiger partial charge on any atom is -0.378 e. The Kier molecular flexibility index (Phi) is 13.4. The SMILES string of the molecule is CN1CCN(C)CCN2CCOCCOCCN(CC1)CCN(C)CCN(C)CC2. The van der Waals surface area contributed by atoms with E-state index < -0.39 is 0 Å². The number of ether oxygens (including phenoxy) is 2. The van der Waals surface area contributed by atoms with E-state index in [9.17, 15) is 0 Å². The van der Waals surface area contributed by atoms with Gasteiger partial charge in [-0.2, -0.15) is 0 Å². The molecule has 0 saturated carbocycles. The van der Waals surface area contributed by atoms with Crippen LogP contribution in [0.5, 0.6) is 0 Å². The Bertz CT molecular complexity index is 364. The summed E-state index contributed by atoms with van der Waals surface area (Å²) in [7, 11) is 9.02. The normalized spacial score (nSPS) is 30.8. The molecular weight excluding hydrogens is 380 g/mol. The molecule has 0 aromatic carbocycles. The summed E-state index contributed by atoms with van der Waals surface area (Å²) in [6.07, 6.45) is 0. The van der Waals surface area contributed by atoms with E-state index in [2.05, 4.69) is 57.6 Å². The molecule has 3 saturated heterocycles. The molecule has 3 heterocycles. The van der Waals surface area contributed by atoms with Crippen LogP contribution in [0.25, 0.3) is 0 Å². The molecular formula is C22H48N6O2. The first-order valence-electron chi connectivity index (χ1n) is 11.9. The van der Waals surface area contributed by atoms with Gasteiger partial charge in [-0.15, -0.1) is 0 Å². The standard InChI is InChI=1S/C22H48N6O2/c1-23-5-6-24(2)10-15-28-16-12-26(4)8-7-25(3)11-14-27(13-9-23)17-19-29-21-22-30-20-18-28/h5-22H2,1-4H3. The Hall–Kier alpha value is -0.320. The fraction of sp³-hybridized carbons (Fsp3) is 1.00. The average molecular weight is 429 g/mol. The lowest BCUT2D eigenvalue weighted by Gasteiger charge is -2.31. The first kappa shape index (κ1) is 25.9. The van der Waals surface area contributed by atoms with Gasteiger partial charge in [-0.05, 0) is 28.2 Å². The van der Waals surface area contributed by atoms with Gasteiger partial charge in [0.25, 0.3) is 0 Å². The molecule has 0 unspecified atom stereocenters. The highest BCUT2D eigenvalue weighted by atomic mass is 16.5. The molecule has 0 aromatic heterocycles. The van der Waals surface area contributed by atoms with Crippen LogP contribution in [0.15, 0.2) is 0 Å². The number of nitrogens with zero attached hydrogens (tertiary/aromatic N) is 6. The lowest BCUT2D eigenvalue weighted by atomic mass is 10.3. The van der Waals surface area contributed by atoms with Crippen molar-refractivity contribution in [3.63, 3.8) is 0 Å². The summed E-state index contributed by atoms with van der Waals surface area (Å²) < 4.78 is 11.7. The van der Waals surface area contributed by atoms with Crippen molar-refractivity contribution in [2.75, 3.05) is 146 Å². The maximum atomic E-state index is 5.86. The third-order valence-electron chi connectivity index (χ3n) is 6.39. The second kappa shape index (κ2) is 15.5. The molecule has 3 fully saturated rings. The van der Waals surface area contributed by atoms with Crippen LogP contribution in [-0.2, 0) is 9.47 Å². The van der Waals surface area contributed by atoms with Crippen molar-refractivity contribution in [3.05, 3.63) is 0 Å². The lowest BCUT2D eigenvalue weighted by Crippen LogP contribution is -2.44. The van der Waals surface area contributed by atoms with Crippen molar-refractivity contribution < 1.29 is 9.47 Å². The highest BCUT2D eigenvalue weighted by molar-refractivity contribution is 4.69. The van der Waals surface area contributed by atoms with E-state index in [4.69, 9.17) is 9.47 Å². The van der Waals surface area contributed by atoms with Gasteiger partial charge in [-0.3, -0.25) is 9.80 Å². The van der Waals surface area contributed by atoms with Gasteiger partial charge in [-0.25, -0.2) is 0 Å². The van der Waals surface area contributed by atoms with E-state index in [-0.39, 0.29) is 0 Å². The van der Waals surface area contributed by atoms with Gasteiger partial charge in [-0.1, -0.05) is 0 Å². The number of hydrogen-bond donors (Lipinski definition) is 0. The molecule has 178 valence electrons. The second-order valence-electron chi connectivity index (χ2n) is 9.12. The van der Waals surface area contributed by atoms with Gasteiger partial charge >= 0.3 is 0 Å². The second-order valence-corrected chi connectivity index (χ2v) is 9.12. The highest BCUT2D eigenvalue weighted by Crippen LogP contribution is 1.99. The van der Waals surface area contributed by atoms with Gasteiger partial charge < -0.3 is 29.1 Å². The van der Waals surface area contributed by atoms with Crippen molar-refractivity contribution in [2.45, 2.75) is 0 Å². The number of likely N-dealkylation sites (N-methyl/N-ethyl adjacent to an activating group) is 4. The van der Waals surface area contributed by atoms with Gasteiger partial charge in [0.05, 0.1) is 26.4 Å². The molecule has 0 aromatic rings. The first-order valence-corrected chi connectivity index (χ1v) is 11.9. The van der Waals surface area contributed by atoms with E-state index in [1.54, 1.807) is 0 Å². The van der Waals surface area contributed by atoms with Crippen LogP contribution in [-0.4, -0.2) is 176 Å². The molecule has 0 aliphatic carbocycles. The van der Waals surface area contributed by atoms with Crippen LogP contribution in [0.3, 0.4) is 0 Å². The monoisotopic (exact) mass is 428 g/mol. The van der Waals surface area contributed by atoms with E-state index in [1.807, 2.05) is 0 Å². The zero-order valence-electron chi connectivity index (χ0n) is 20.2. The molecule has 3 aliphatic heterocycles. The summed E-state index contributed by atoms with van der Waals surface area (Å²) in [4.78, 5) is 15.0. The molecule has 0 radical (unpaired) electrons. The summed E-state index contributed by atoms with van der Waals surface area (Å²) >= 11 is 0. The van der Waals surface area contributed by atoms with Crippen LogP contribution in [0.1, 0.15) is 0 Å². The minimum atomic E-state index is 0.694. The van der Waals surface area contributed by atoms with Gasteiger partial charge in [0.15, 0.2) is 0 Å². The van der Waals surface area contributed by atoms with Crippen LogP contribution >= 0.6 is 0 Å². The smallest absolute Gasteiger partial charge is 0.0701 e. The predicted octanol–water partition coefficient (Wildman–Crippen LogP) is -0.622. The Morgan fingerprint density at radius 2 is 0.600 bits per heavy atom. The minimum absolute atomic E-state index is 0.694. The van der Waals surface area contributed by atoms with Crippen molar-refractivity contribution >= 4 is 0 Å². The Morgan fingerprint density at radius 1 is 0.333 bits per heavy atom. The van der Waals surface area contributed by atoms with Crippen molar-refractivity contribution in [1.29, 1.82) is 0 Å². The van der Waals surface area contributed by atoms with Crippen LogP contribution in [0, 0.1) is 0 Å². The fourth-order valence-corrected chi connectivity index (χ4v) is 3.76. The molecule has 2 bridgehead atoms. The molecule has 30 heavy (non-hydrogen) atoms. The molecule has 8 nitrogen and oxygen atoms in total. The summed E-state index contributed by atoms with van der Waals surface area (Å²) in [6.45, 7) is 18.2.